The van der Waals surface area contributed by atoms with Crippen molar-refractivity contribution in [3.05, 3.63) is 59.9 Å². The van der Waals surface area contributed by atoms with Crippen molar-refractivity contribution in [2.24, 2.45) is 5.92 Å². The summed E-state index contributed by atoms with van der Waals surface area (Å²) < 4.78 is 0. The van der Waals surface area contributed by atoms with Gasteiger partial charge in [0.1, 0.15) is 5.82 Å². The predicted molar refractivity (Wildman–Crippen MR) is 102 cm³/mol. The van der Waals surface area contributed by atoms with Crippen LogP contribution in [0.5, 0.6) is 0 Å². The molecule has 0 saturated heterocycles. The first-order chi connectivity index (χ1) is 12.1. The normalized spacial score (nSPS) is 11.0. The average Bonchev–Trinajstić information content (AvgIpc) is 3.03. The minimum atomic E-state index is -0.0947. The van der Waals surface area contributed by atoms with Gasteiger partial charge in [0.2, 0.25) is 0 Å². The minimum absolute atomic E-state index is 0.0947. The molecule has 0 bridgehead atoms. The summed E-state index contributed by atoms with van der Waals surface area (Å²) in [7, 11) is 0. The lowest BCUT2D eigenvalue weighted by Gasteiger charge is -2.09. The van der Waals surface area contributed by atoms with E-state index in [1.165, 1.54) is 10.9 Å². The fraction of sp³-hybridized carbons (Fsp3) is 0.300. The van der Waals surface area contributed by atoms with E-state index >= 15 is 0 Å². The number of nitrogens with zero attached hydrogens (tertiary/aromatic N) is 1. The fourth-order valence-corrected chi connectivity index (χ4v) is 2.69. The molecule has 0 atom stereocenters. The molecule has 0 aliphatic carbocycles. The number of benzene rings is 1. The number of aromatic amines is 1. The zero-order valence-electron chi connectivity index (χ0n) is 14.7. The van der Waals surface area contributed by atoms with E-state index in [9.17, 15) is 4.79 Å². The third-order valence-corrected chi connectivity index (χ3v) is 4.07. The Kier molecular flexibility index (Phi) is 5.33. The summed E-state index contributed by atoms with van der Waals surface area (Å²) in [6.45, 7) is 5.74. The number of carbonyl (C=O) groups is 1. The zero-order valence-corrected chi connectivity index (χ0v) is 14.7. The van der Waals surface area contributed by atoms with Crippen LogP contribution in [0.25, 0.3) is 10.9 Å². The first kappa shape index (κ1) is 17.0. The number of anilines is 1. The highest BCUT2D eigenvalue weighted by molar-refractivity contribution is 5.94. The van der Waals surface area contributed by atoms with Gasteiger partial charge in [0.25, 0.3) is 5.91 Å². The summed E-state index contributed by atoms with van der Waals surface area (Å²) in [5.41, 5.74) is 2.91. The Bertz CT molecular complexity index is 836. The zero-order chi connectivity index (χ0) is 17.6. The van der Waals surface area contributed by atoms with Gasteiger partial charge in [-0.15, -0.1) is 0 Å². The van der Waals surface area contributed by atoms with Crippen LogP contribution < -0.4 is 10.6 Å². The van der Waals surface area contributed by atoms with Gasteiger partial charge in [0.15, 0.2) is 0 Å². The van der Waals surface area contributed by atoms with Crippen LogP contribution in [0.1, 0.15) is 29.8 Å². The van der Waals surface area contributed by atoms with Crippen molar-refractivity contribution < 1.29 is 4.79 Å². The van der Waals surface area contributed by atoms with E-state index in [2.05, 4.69) is 46.6 Å². The number of carbonyl (C=O) groups excluding carboxylic acids is 1. The number of hydrogen-bond acceptors (Lipinski definition) is 3. The van der Waals surface area contributed by atoms with Crippen molar-refractivity contribution in [1.29, 1.82) is 0 Å². The lowest BCUT2D eigenvalue weighted by Crippen LogP contribution is -2.25. The second-order valence-electron chi connectivity index (χ2n) is 6.57. The molecular formula is C20H24N4O. The molecule has 0 spiro atoms. The molecule has 0 saturated carbocycles. The molecule has 3 N–H and O–H groups in total. The number of para-hydroxylation sites is 1. The molecule has 0 unspecified atom stereocenters. The highest BCUT2D eigenvalue weighted by Gasteiger charge is 2.07. The van der Waals surface area contributed by atoms with Crippen molar-refractivity contribution >= 4 is 22.6 Å². The molecule has 5 heteroatoms. The van der Waals surface area contributed by atoms with Gasteiger partial charge >= 0.3 is 0 Å². The first-order valence-corrected chi connectivity index (χ1v) is 8.66. The lowest BCUT2D eigenvalue weighted by molar-refractivity contribution is 0.0954. The van der Waals surface area contributed by atoms with Crippen LogP contribution in [0, 0.1) is 5.92 Å². The lowest BCUT2D eigenvalue weighted by atomic mass is 10.1. The SMILES string of the molecule is CC(C)CNc1ccc(C(=O)NCCc2c[nH]c3ccccc23)cn1. The summed E-state index contributed by atoms with van der Waals surface area (Å²) in [5, 5.41) is 7.41. The van der Waals surface area contributed by atoms with Crippen LogP contribution >= 0.6 is 0 Å². The van der Waals surface area contributed by atoms with Crippen molar-refractivity contribution in [3.63, 3.8) is 0 Å². The van der Waals surface area contributed by atoms with Gasteiger partial charge in [0, 0.05) is 36.4 Å². The number of hydrogen-bond donors (Lipinski definition) is 3. The van der Waals surface area contributed by atoms with E-state index < -0.39 is 0 Å². The van der Waals surface area contributed by atoms with Crippen molar-refractivity contribution in [2.75, 3.05) is 18.4 Å². The Morgan fingerprint density at radius 2 is 2.04 bits per heavy atom. The smallest absolute Gasteiger partial charge is 0.252 e. The maximum absolute atomic E-state index is 12.2. The molecule has 1 aromatic carbocycles. The highest BCUT2D eigenvalue weighted by Crippen LogP contribution is 2.17. The third kappa shape index (κ3) is 4.38. The number of rotatable bonds is 7. The van der Waals surface area contributed by atoms with Gasteiger partial charge in [-0.3, -0.25) is 4.79 Å². The quantitative estimate of drug-likeness (QED) is 0.617. The Balaban J connectivity index is 1.52. The van der Waals surface area contributed by atoms with E-state index in [-0.39, 0.29) is 5.91 Å². The molecule has 0 aliphatic rings. The molecule has 130 valence electrons. The first-order valence-electron chi connectivity index (χ1n) is 8.66. The number of nitrogens with one attached hydrogen (secondary N) is 3. The monoisotopic (exact) mass is 336 g/mol. The Hall–Kier alpha value is -2.82. The van der Waals surface area contributed by atoms with Gasteiger partial charge in [-0.25, -0.2) is 4.98 Å². The van der Waals surface area contributed by atoms with Crippen LogP contribution in [-0.4, -0.2) is 29.0 Å². The molecule has 2 heterocycles. The number of aromatic nitrogens is 2. The standard InChI is InChI=1S/C20H24N4O/c1-14(2)11-23-19-8-7-16(13-24-19)20(25)21-10-9-15-12-22-18-6-4-3-5-17(15)18/h3-8,12-14,22H,9-11H2,1-2H3,(H,21,25)(H,23,24). The number of H-pyrrole nitrogens is 1. The Morgan fingerprint density at radius 3 is 2.80 bits per heavy atom. The molecule has 3 rings (SSSR count). The molecule has 5 nitrogen and oxygen atoms in total. The van der Waals surface area contributed by atoms with Gasteiger partial charge in [-0.05, 0) is 36.1 Å². The van der Waals surface area contributed by atoms with E-state index in [1.54, 1.807) is 12.3 Å². The molecule has 1 amide bonds. The predicted octanol–water partition coefficient (Wildman–Crippen LogP) is 3.60. The van der Waals surface area contributed by atoms with Crippen molar-refractivity contribution in [2.45, 2.75) is 20.3 Å². The number of fused-ring (bicyclic) bond motifs is 1. The van der Waals surface area contributed by atoms with Crippen molar-refractivity contribution in [3.8, 4) is 0 Å². The Labute approximate surface area is 147 Å². The topological polar surface area (TPSA) is 69.8 Å². The van der Waals surface area contributed by atoms with Crippen LogP contribution in [0.2, 0.25) is 0 Å². The second kappa shape index (κ2) is 7.83. The Morgan fingerprint density at radius 1 is 1.20 bits per heavy atom. The molecule has 25 heavy (non-hydrogen) atoms. The second-order valence-corrected chi connectivity index (χ2v) is 6.57. The van der Waals surface area contributed by atoms with E-state index in [0.717, 1.165) is 24.3 Å². The van der Waals surface area contributed by atoms with Gasteiger partial charge in [-0.1, -0.05) is 32.0 Å². The summed E-state index contributed by atoms with van der Waals surface area (Å²) in [6, 6.07) is 11.8. The van der Waals surface area contributed by atoms with Crippen LogP contribution in [0.15, 0.2) is 48.8 Å². The summed E-state index contributed by atoms with van der Waals surface area (Å²) >= 11 is 0. The van der Waals surface area contributed by atoms with E-state index in [4.69, 9.17) is 0 Å². The molecule has 2 aromatic heterocycles. The maximum atomic E-state index is 12.2. The molecule has 0 fully saturated rings. The van der Waals surface area contributed by atoms with Gasteiger partial charge < -0.3 is 15.6 Å². The number of amides is 1. The summed E-state index contributed by atoms with van der Waals surface area (Å²) in [6.07, 6.45) is 4.41. The summed E-state index contributed by atoms with van der Waals surface area (Å²) in [4.78, 5) is 19.8. The highest BCUT2D eigenvalue weighted by atomic mass is 16.1. The molecule has 0 aliphatic heterocycles. The molecular weight excluding hydrogens is 312 g/mol. The van der Waals surface area contributed by atoms with Crippen molar-refractivity contribution in [1.82, 2.24) is 15.3 Å². The van der Waals surface area contributed by atoms with Gasteiger partial charge in [-0.2, -0.15) is 0 Å². The average molecular weight is 336 g/mol. The molecule has 0 radical (unpaired) electrons. The van der Waals surface area contributed by atoms with Crippen LogP contribution in [0.3, 0.4) is 0 Å². The van der Waals surface area contributed by atoms with E-state index in [1.807, 2.05) is 24.4 Å². The van der Waals surface area contributed by atoms with Gasteiger partial charge in [0.05, 0.1) is 5.56 Å². The largest absolute Gasteiger partial charge is 0.370 e. The maximum Gasteiger partial charge on any atom is 0.252 e. The third-order valence-electron chi connectivity index (χ3n) is 4.07. The van der Waals surface area contributed by atoms with Crippen LogP contribution in [0.4, 0.5) is 5.82 Å². The van der Waals surface area contributed by atoms with E-state index in [0.29, 0.717) is 18.0 Å². The fourth-order valence-electron chi connectivity index (χ4n) is 2.69. The molecule has 3 aromatic rings. The minimum Gasteiger partial charge on any atom is -0.370 e. The van der Waals surface area contributed by atoms with Crippen LogP contribution in [-0.2, 0) is 6.42 Å². The summed E-state index contributed by atoms with van der Waals surface area (Å²) in [5.74, 6) is 1.25. The number of pyridine rings is 1.